The first-order chi connectivity index (χ1) is 13.1. The summed E-state index contributed by atoms with van der Waals surface area (Å²) in [5, 5.41) is 0.631. The normalized spacial score (nSPS) is 13.9. The number of benzene rings is 2. The number of rotatable bonds is 7. The summed E-state index contributed by atoms with van der Waals surface area (Å²) in [5.41, 5.74) is 7.75. The van der Waals surface area contributed by atoms with Gasteiger partial charge >= 0.3 is 0 Å². The summed E-state index contributed by atoms with van der Waals surface area (Å²) in [6.07, 6.45) is 1.20. The zero-order chi connectivity index (χ0) is 19.1. The molecule has 2 N–H and O–H groups in total. The lowest BCUT2D eigenvalue weighted by Crippen LogP contribution is -2.49. The van der Waals surface area contributed by atoms with Gasteiger partial charge in [0.2, 0.25) is 5.91 Å². The van der Waals surface area contributed by atoms with Crippen LogP contribution in [0, 0.1) is 0 Å². The van der Waals surface area contributed by atoms with Crippen LogP contribution in [0.2, 0.25) is 5.02 Å². The van der Waals surface area contributed by atoms with E-state index in [4.69, 9.17) is 22.1 Å². The van der Waals surface area contributed by atoms with Crippen LogP contribution in [0.25, 0.3) is 0 Å². The second-order valence-electron chi connectivity index (χ2n) is 6.70. The van der Waals surface area contributed by atoms with Crippen molar-refractivity contribution in [2.24, 2.45) is 0 Å². The average molecular weight is 461 g/mol. The van der Waals surface area contributed by atoms with E-state index in [9.17, 15) is 4.79 Å². The number of halogens is 3. The largest absolute Gasteiger partial charge is 0.491 e. The van der Waals surface area contributed by atoms with Gasteiger partial charge in [-0.15, -0.1) is 24.8 Å². The van der Waals surface area contributed by atoms with Crippen molar-refractivity contribution in [2.45, 2.75) is 12.8 Å². The molecule has 0 spiro atoms. The quantitative estimate of drug-likeness (QED) is 0.636. The van der Waals surface area contributed by atoms with Crippen molar-refractivity contribution in [1.29, 1.82) is 0 Å². The van der Waals surface area contributed by atoms with Crippen molar-refractivity contribution >= 4 is 48.0 Å². The molecule has 2 aromatic rings. The molecule has 0 atom stereocenters. The molecular weight excluding hydrogens is 433 g/mol. The number of amides is 1. The Hall–Kier alpha value is -1.66. The lowest BCUT2D eigenvalue weighted by molar-refractivity contribution is -0.132. The van der Waals surface area contributed by atoms with E-state index < -0.39 is 0 Å². The maximum Gasteiger partial charge on any atom is 0.222 e. The highest BCUT2D eigenvalue weighted by Gasteiger charge is 2.20. The van der Waals surface area contributed by atoms with E-state index in [1.54, 1.807) is 0 Å². The summed E-state index contributed by atoms with van der Waals surface area (Å²) >= 11 is 6.09. The molecule has 1 aliphatic rings. The smallest absolute Gasteiger partial charge is 0.222 e. The summed E-state index contributed by atoms with van der Waals surface area (Å²) < 4.78 is 5.75. The molecule has 1 fully saturated rings. The van der Waals surface area contributed by atoms with Gasteiger partial charge in [0.25, 0.3) is 0 Å². The maximum atomic E-state index is 12.5. The summed E-state index contributed by atoms with van der Waals surface area (Å²) in [6.45, 7) is 4.67. The minimum atomic E-state index is 0. The number of anilines is 1. The van der Waals surface area contributed by atoms with E-state index in [0.29, 0.717) is 30.2 Å². The number of ether oxygens (including phenoxy) is 1. The third-order valence-electron chi connectivity index (χ3n) is 4.89. The fourth-order valence-electron chi connectivity index (χ4n) is 3.23. The molecule has 1 amide bonds. The van der Waals surface area contributed by atoms with Crippen LogP contribution in [-0.4, -0.2) is 55.0 Å². The van der Waals surface area contributed by atoms with Crippen molar-refractivity contribution in [3.05, 3.63) is 59.1 Å². The number of carbonyl (C=O) groups excluding carboxylic acids is 1. The summed E-state index contributed by atoms with van der Waals surface area (Å²) in [5.74, 6) is 0.915. The molecule has 1 saturated heterocycles. The molecular formula is C21H28Cl3N3O2. The lowest BCUT2D eigenvalue weighted by Gasteiger charge is -2.34. The van der Waals surface area contributed by atoms with Crippen LogP contribution >= 0.6 is 36.4 Å². The summed E-state index contributed by atoms with van der Waals surface area (Å²) in [4.78, 5) is 16.7. The minimum absolute atomic E-state index is 0. The summed E-state index contributed by atoms with van der Waals surface area (Å²) in [7, 11) is 0. The molecule has 0 radical (unpaired) electrons. The Morgan fingerprint density at radius 2 is 1.66 bits per heavy atom. The van der Waals surface area contributed by atoms with E-state index in [1.807, 2.05) is 53.4 Å². The predicted molar refractivity (Wildman–Crippen MR) is 124 cm³/mol. The van der Waals surface area contributed by atoms with Gasteiger partial charge in [0.1, 0.15) is 12.4 Å². The minimum Gasteiger partial charge on any atom is -0.491 e. The predicted octanol–water partition coefficient (Wildman–Crippen LogP) is 3.92. The van der Waals surface area contributed by atoms with E-state index in [1.165, 1.54) is 0 Å². The Kier molecular flexibility index (Phi) is 11.2. The molecule has 0 aromatic heterocycles. The Morgan fingerprint density at radius 1 is 1.00 bits per heavy atom. The first-order valence-corrected chi connectivity index (χ1v) is 9.72. The monoisotopic (exact) mass is 459 g/mol. The number of carbonyl (C=O) groups is 1. The molecule has 3 rings (SSSR count). The number of hydrogen-bond donors (Lipinski definition) is 1. The van der Waals surface area contributed by atoms with Crippen LogP contribution in [0.1, 0.15) is 12.0 Å². The molecule has 8 heteroatoms. The van der Waals surface area contributed by atoms with Gasteiger partial charge in [0, 0.05) is 44.8 Å². The molecule has 5 nitrogen and oxygen atoms in total. The topological polar surface area (TPSA) is 58.8 Å². The van der Waals surface area contributed by atoms with E-state index in [0.717, 1.165) is 44.0 Å². The number of nitrogens with zero attached hydrogens (tertiary/aromatic N) is 2. The van der Waals surface area contributed by atoms with Gasteiger partial charge in [-0.25, -0.2) is 0 Å². The zero-order valence-electron chi connectivity index (χ0n) is 16.3. The first kappa shape index (κ1) is 25.4. The molecule has 0 bridgehead atoms. The number of aryl methyl sites for hydroxylation is 1. The molecule has 1 aliphatic heterocycles. The third kappa shape index (κ3) is 7.59. The van der Waals surface area contributed by atoms with Crippen LogP contribution in [0.5, 0.6) is 5.75 Å². The van der Waals surface area contributed by atoms with Gasteiger partial charge in [-0.2, -0.15) is 0 Å². The van der Waals surface area contributed by atoms with Crippen LogP contribution in [0.4, 0.5) is 5.69 Å². The molecule has 29 heavy (non-hydrogen) atoms. The van der Waals surface area contributed by atoms with Crippen molar-refractivity contribution < 1.29 is 9.53 Å². The zero-order valence-corrected chi connectivity index (χ0v) is 18.6. The van der Waals surface area contributed by atoms with Gasteiger partial charge in [-0.05, 0) is 30.2 Å². The molecule has 2 aromatic carbocycles. The van der Waals surface area contributed by atoms with Gasteiger partial charge in [-0.1, -0.05) is 41.9 Å². The average Bonchev–Trinajstić information content (AvgIpc) is 2.69. The number of para-hydroxylation sites is 2. The highest BCUT2D eigenvalue weighted by atomic mass is 35.5. The molecule has 0 saturated carbocycles. The number of piperazine rings is 1. The second-order valence-corrected chi connectivity index (χ2v) is 7.11. The standard InChI is InChI=1S/C21H26ClN3O2.2ClH/c22-18-6-2-4-8-20(18)27-16-15-24-11-13-25(14-12-24)21(26)10-9-17-5-1-3-7-19(17)23;;/h1-8H,9-16,23H2;2*1H. The highest BCUT2D eigenvalue weighted by molar-refractivity contribution is 6.32. The van der Waals surface area contributed by atoms with Crippen molar-refractivity contribution in [3.8, 4) is 5.75 Å². The van der Waals surface area contributed by atoms with Crippen molar-refractivity contribution in [1.82, 2.24) is 9.80 Å². The lowest BCUT2D eigenvalue weighted by atomic mass is 10.1. The SMILES string of the molecule is Cl.Cl.Nc1ccccc1CCC(=O)N1CCN(CCOc2ccccc2Cl)CC1. The summed E-state index contributed by atoms with van der Waals surface area (Å²) in [6, 6.07) is 15.2. The first-order valence-electron chi connectivity index (χ1n) is 9.34. The number of hydrogen-bond acceptors (Lipinski definition) is 4. The molecule has 0 aliphatic carbocycles. The van der Waals surface area contributed by atoms with Gasteiger partial charge < -0.3 is 15.4 Å². The van der Waals surface area contributed by atoms with Crippen molar-refractivity contribution in [3.63, 3.8) is 0 Å². The van der Waals surface area contributed by atoms with Crippen molar-refractivity contribution in [2.75, 3.05) is 45.1 Å². The van der Waals surface area contributed by atoms with Gasteiger partial charge in [0.15, 0.2) is 0 Å². The Bertz CT molecular complexity index is 768. The Labute approximate surface area is 190 Å². The van der Waals surface area contributed by atoms with E-state index >= 15 is 0 Å². The highest BCUT2D eigenvalue weighted by Crippen LogP contribution is 2.23. The number of nitrogen functional groups attached to an aromatic ring is 1. The van der Waals surface area contributed by atoms with E-state index in [2.05, 4.69) is 4.90 Å². The molecule has 0 unspecified atom stereocenters. The van der Waals surface area contributed by atoms with Crippen LogP contribution in [0.3, 0.4) is 0 Å². The molecule has 160 valence electrons. The molecule has 1 heterocycles. The van der Waals surface area contributed by atoms with Gasteiger partial charge in [0.05, 0.1) is 5.02 Å². The number of nitrogens with two attached hydrogens (primary N) is 1. The fraction of sp³-hybridized carbons (Fsp3) is 0.381. The van der Waals surface area contributed by atoms with Gasteiger partial charge in [-0.3, -0.25) is 9.69 Å². The van der Waals surface area contributed by atoms with Crippen LogP contribution < -0.4 is 10.5 Å². The third-order valence-corrected chi connectivity index (χ3v) is 5.20. The Morgan fingerprint density at radius 3 is 2.34 bits per heavy atom. The second kappa shape index (κ2) is 12.8. The van der Waals surface area contributed by atoms with Crippen LogP contribution in [0.15, 0.2) is 48.5 Å². The van der Waals surface area contributed by atoms with E-state index in [-0.39, 0.29) is 30.7 Å². The van der Waals surface area contributed by atoms with Crippen LogP contribution in [-0.2, 0) is 11.2 Å². The Balaban J connectivity index is 0.00000210. The maximum absolute atomic E-state index is 12.5. The fourth-order valence-corrected chi connectivity index (χ4v) is 3.42.